The van der Waals surface area contributed by atoms with Crippen LogP contribution in [0.15, 0.2) is 53.4 Å². The van der Waals surface area contributed by atoms with Crippen LogP contribution in [-0.4, -0.2) is 43.7 Å². The van der Waals surface area contributed by atoms with Gasteiger partial charge in [-0.3, -0.25) is 9.59 Å². The Morgan fingerprint density at radius 1 is 1.09 bits per heavy atom. The second-order valence-electron chi connectivity index (χ2n) is 8.03. The number of hydrogen-bond donors (Lipinski definition) is 2. The number of rotatable bonds is 7. The van der Waals surface area contributed by atoms with Crippen molar-refractivity contribution in [1.29, 1.82) is 0 Å². The molecule has 172 valence electrons. The molecule has 0 aliphatic carbocycles. The minimum atomic E-state index is -3.57. The van der Waals surface area contributed by atoms with Gasteiger partial charge in [-0.2, -0.15) is 4.31 Å². The number of nitrogens with one attached hydrogen (secondary N) is 2. The van der Waals surface area contributed by atoms with E-state index in [-0.39, 0.29) is 42.3 Å². The normalized spacial score (nSPS) is 16.3. The fourth-order valence-electron chi connectivity index (χ4n) is 3.59. The Morgan fingerprint density at radius 3 is 2.34 bits per heavy atom. The van der Waals surface area contributed by atoms with Gasteiger partial charge < -0.3 is 10.6 Å². The summed E-state index contributed by atoms with van der Waals surface area (Å²) in [4.78, 5) is 25.2. The number of nitrogens with zero attached hydrogens (tertiary/aromatic N) is 1. The molecule has 0 aromatic heterocycles. The molecule has 3 rings (SSSR count). The fourth-order valence-corrected chi connectivity index (χ4v) is 5.26. The molecule has 2 amide bonds. The molecule has 1 fully saturated rings. The highest BCUT2D eigenvalue weighted by Crippen LogP contribution is 2.24. The van der Waals surface area contributed by atoms with Crippen LogP contribution in [0.25, 0.3) is 0 Å². The lowest BCUT2D eigenvalue weighted by molar-refractivity contribution is -0.131. The second kappa shape index (κ2) is 10.5. The minimum absolute atomic E-state index is 0.238. The van der Waals surface area contributed by atoms with Crippen LogP contribution in [0.5, 0.6) is 0 Å². The highest BCUT2D eigenvalue weighted by Gasteiger charge is 2.32. The first-order valence-electron chi connectivity index (χ1n) is 10.6. The Balaban J connectivity index is 1.49. The largest absolute Gasteiger partial charge is 0.350 e. The van der Waals surface area contributed by atoms with Crippen LogP contribution in [-0.2, 0) is 26.2 Å². The number of sulfonamides is 1. The molecule has 0 bridgehead atoms. The van der Waals surface area contributed by atoms with Crippen molar-refractivity contribution in [2.24, 2.45) is 5.92 Å². The molecule has 1 aliphatic heterocycles. The Kier molecular flexibility index (Phi) is 7.92. The number of halogens is 1. The van der Waals surface area contributed by atoms with E-state index in [1.807, 2.05) is 25.1 Å². The predicted octanol–water partition coefficient (Wildman–Crippen LogP) is 2.87. The summed E-state index contributed by atoms with van der Waals surface area (Å²) in [6.45, 7) is 4.33. The molecular weight excluding hydrogens is 450 g/mol. The molecule has 32 heavy (non-hydrogen) atoms. The fraction of sp³-hybridized carbons (Fsp3) is 0.391. The maximum Gasteiger partial charge on any atom is 0.243 e. The smallest absolute Gasteiger partial charge is 0.243 e. The van der Waals surface area contributed by atoms with Crippen molar-refractivity contribution in [2.45, 2.75) is 44.2 Å². The number of aryl methyl sites for hydroxylation is 1. The Bertz CT molecular complexity index is 1060. The van der Waals surface area contributed by atoms with Gasteiger partial charge in [-0.05, 0) is 50.5 Å². The van der Waals surface area contributed by atoms with Crippen LogP contribution in [0.4, 0.5) is 0 Å². The van der Waals surface area contributed by atoms with E-state index in [9.17, 15) is 18.0 Å². The first-order chi connectivity index (χ1) is 15.2. The third-order valence-electron chi connectivity index (χ3n) is 5.65. The molecule has 1 unspecified atom stereocenters. The van der Waals surface area contributed by atoms with Gasteiger partial charge in [0.05, 0.1) is 4.90 Å². The molecule has 2 N–H and O–H groups in total. The van der Waals surface area contributed by atoms with E-state index in [1.165, 1.54) is 4.31 Å². The summed E-state index contributed by atoms with van der Waals surface area (Å²) in [6.07, 6.45) is 0.815. The van der Waals surface area contributed by atoms with E-state index in [0.717, 1.165) is 11.1 Å². The predicted molar refractivity (Wildman–Crippen MR) is 124 cm³/mol. The molecule has 1 atom stereocenters. The quantitative estimate of drug-likeness (QED) is 0.641. The number of carbonyl (C=O) groups is 2. The Morgan fingerprint density at radius 2 is 1.72 bits per heavy atom. The molecule has 1 saturated heterocycles. The zero-order valence-electron chi connectivity index (χ0n) is 18.2. The van der Waals surface area contributed by atoms with Gasteiger partial charge in [-0.1, -0.05) is 47.5 Å². The maximum absolute atomic E-state index is 12.8. The van der Waals surface area contributed by atoms with Crippen molar-refractivity contribution in [3.63, 3.8) is 0 Å². The lowest BCUT2D eigenvalue weighted by Gasteiger charge is -2.31. The van der Waals surface area contributed by atoms with Crippen LogP contribution >= 0.6 is 11.6 Å². The zero-order chi connectivity index (χ0) is 23.3. The summed E-state index contributed by atoms with van der Waals surface area (Å²) in [7, 11) is -3.57. The molecule has 0 spiro atoms. The van der Waals surface area contributed by atoms with E-state index in [1.54, 1.807) is 37.3 Å². The third kappa shape index (κ3) is 5.88. The van der Waals surface area contributed by atoms with Crippen molar-refractivity contribution in [3.8, 4) is 0 Å². The third-order valence-corrected chi connectivity index (χ3v) is 7.93. The van der Waals surface area contributed by atoms with E-state index in [0.29, 0.717) is 17.9 Å². The number of benzene rings is 2. The van der Waals surface area contributed by atoms with Crippen molar-refractivity contribution >= 4 is 33.4 Å². The molecular formula is C23H28ClN3O4S. The number of amides is 2. The summed E-state index contributed by atoms with van der Waals surface area (Å²) in [5.41, 5.74) is 1.78. The first kappa shape index (κ1) is 24.2. The van der Waals surface area contributed by atoms with Crippen molar-refractivity contribution in [1.82, 2.24) is 14.9 Å². The van der Waals surface area contributed by atoms with E-state index >= 15 is 0 Å². The lowest BCUT2D eigenvalue weighted by atomic mass is 9.97. The van der Waals surface area contributed by atoms with Gasteiger partial charge >= 0.3 is 0 Å². The summed E-state index contributed by atoms with van der Waals surface area (Å²) >= 11 is 6.10. The Hall–Kier alpha value is -2.42. The molecule has 2 aromatic carbocycles. The van der Waals surface area contributed by atoms with Crippen LogP contribution in [0.3, 0.4) is 0 Å². The van der Waals surface area contributed by atoms with Gasteiger partial charge in [0, 0.05) is 30.6 Å². The van der Waals surface area contributed by atoms with Gasteiger partial charge in [0.2, 0.25) is 21.8 Å². The standard InChI is InChI=1S/C23H28ClN3O4S/c1-16-7-9-20(10-8-16)32(30,31)27-13-11-18(12-14-27)23(29)26-17(2)22(28)25-15-19-5-3-4-6-21(19)24/h3-10,17-18H,11-15H2,1-2H3,(H,25,28)(H,26,29). The van der Waals surface area contributed by atoms with Gasteiger partial charge in [0.25, 0.3) is 0 Å². The van der Waals surface area contributed by atoms with Crippen molar-refractivity contribution in [3.05, 3.63) is 64.7 Å². The highest BCUT2D eigenvalue weighted by atomic mass is 35.5. The Labute approximate surface area is 194 Å². The van der Waals surface area contributed by atoms with Crippen LogP contribution in [0.2, 0.25) is 5.02 Å². The second-order valence-corrected chi connectivity index (χ2v) is 10.4. The van der Waals surface area contributed by atoms with Gasteiger partial charge in [-0.15, -0.1) is 0 Å². The number of hydrogen-bond acceptors (Lipinski definition) is 4. The number of carbonyl (C=O) groups excluding carboxylic acids is 2. The molecule has 0 saturated carbocycles. The molecule has 7 nitrogen and oxygen atoms in total. The SMILES string of the molecule is Cc1ccc(S(=O)(=O)N2CCC(C(=O)NC(C)C(=O)NCc3ccccc3Cl)CC2)cc1. The first-order valence-corrected chi connectivity index (χ1v) is 12.4. The zero-order valence-corrected chi connectivity index (χ0v) is 19.7. The summed E-state index contributed by atoms with van der Waals surface area (Å²) in [6, 6.07) is 13.3. The van der Waals surface area contributed by atoms with E-state index in [2.05, 4.69) is 10.6 Å². The van der Waals surface area contributed by atoms with Gasteiger partial charge in [0.1, 0.15) is 6.04 Å². The van der Waals surface area contributed by atoms with E-state index in [4.69, 9.17) is 11.6 Å². The van der Waals surface area contributed by atoms with E-state index < -0.39 is 16.1 Å². The topological polar surface area (TPSA) is 95.6 Å². The number of piperidine rings is 1. The maximum atomic E-state index is 12.8. The van der Waals surface area contributed by atoms with Crippen LogP contribution in [0.1, 0.15) is 30.9 Å². The van der Waals surface area contributed by atoms with Crippen molar-refractivity contribution < 1.29 is 18.0 Å². The molecule has 0 radical (unpaired) electrons. The van der Waals surface area contributed by atoms with Crippen LogP contribution < -0.4 is 10.6 Å². The molecule has 1 aliphatic rings. The average molecular weight is 478 g/mol. The summed E-state index contributed by atoms with van der Waals surface area (Å²) in [5.74, 6) is -0.881. The van der Waals surface area contributed by atoms with Gasteiger partial charge in [0.15, 0.2) is 0 Å². The van der Waals surface area contributed by atoms with Crippen LogP contribution in [0, 0.1) is 12.8 Å². The van der Waals surface area contributed by atoms with Crippen molar-refractivity contribution in [2.75, 3.05) is 13.1 Å². The minimum Gasteiger partial charge on any atom is -0.350 e. The molecule has 2 aromatic rings. The highest BCUT2D eigenvalue weighted by molar-refractivity contribution is 7.89. The molecule has 9 heteroatoms. The summed E-state index contributed by atoms with van der Waals surface area (Å²) < 4.78 is 27.1. The molecule has 1 heterocycles. The monoisotopic (exact) mass is 477 g/mol. The lowest BCUT2D eigenvalue weighted by Crippen LogP contribution is -2.49. The average Bonchev–Trinajstić information content (AvgIpc) is 2.78. The van der Waals surface area contributed by atoms with Gasteiger partial charge in [-0.25, -0.2) is 8.42 Å². The summed E-state index contributed by atoms with van der Waals surface area (Å²) in [5, 5.41) is 6.08.